The van der Waals surface area contributed by atoms with Crippen LogP contribution in [0.4, 0.5) is 0 Å². The Hall–Kier alpha value is -2.14. The SMILES string of the molecule is CCOCc1ccc(CNC(=O)c2cnn(C)c2)cc1. The van der Waals surface area contributed by atoms with Crippen LogP contribution in [-0.2, 0) is 24.9 Å². The monoisotopic (exact) mass is 273 g/mol. The summed E-state index contributed by atoms with van der Waals surface area (Å²) >= 11 is 0. The molecule has 2 aromatic rings. The number of carbonyl (C=O) groups excluding carboxylic acids is 1. The molecule has 106 valence electrons. The summed E-state index contributed by atoms with van der Waals surface area (Å²) in [5.74, 6) is -0.114. The predicted molar refractivity (Wildman–Crippen MR) is 76.2 cm³/mol. The average Bonchev–Trinajstić information content (AvgIpc) is 2.90. The number of nitrogens with zero attached hydrogens (tertiary/aromatic N) is 2. The smallest absolute Gasteiger partial charge is 0.254 e. The highest BCUT2D eigenvalue weighted by Gasteiger charge is 2.06. The molecule has 1 N–H and O–H groups in total. The van der Waals surface area contributed by atoms with Gasteiger partial charge in [0.25, 0.3) is 5.91 Å². The highest BCUT2D eigenvalue weighted by atomic mass is 16.5. The molecular formula is C15H19N3O2. The molecule has 0 unspecified atom stereocenters. The normalized spacial score (nSPS) is 10.5. The molecule has 0 atom stereocenters. The number of hydrogen-bond donors (Lipinski definition) is 1. The van der Waals surface area contributed by atoms with E-state index in [1.807, 2.05) is 31.2 Å². The van der Waals surface area contributed by atoms with Crippen LogP contribution in [0, 0.1) is 0 Å². The van der Waals surface area contributed by atoms with Gasteiger partial charge in [-0.15, -0.1) is 0 Å². The van der Waals surface area contributed by atoms with Crippen molar-refractivity contribution in [3.8, 4) is 0 Å². The van der Waals surface area contributed by atoms with Crippen LogP contribution in [0.5, 0.6) is 0 Å². The van der Waals surface area contributed by atoms with E-state index in [0.29, 0.717) is 25.3 Å². The summed E-state index contributed by atoms with van der Waals surface area (Å²) in [4.78, 5) is 11.9. The maximum Gasteiger partial charge on any atom is 0.254 e. The van der Waals surface area contributed by atoms with Crippen molar-refractivity contribution in [1.29, 1.82) is 0 Å². The average molecular weight is 273 g/mol. The van der Waals surface area contributed by atoms with Gasteiger partial charge in [-0.2, -0.15) is 5.10 Å². The highest BCUT2D eigenvalue weighted by molar-refractivity contribution is 5.93. The maximum atomic E-state index is 11.9. The first-order valence-corrected chi connectivity index (χ1v) is 6.61. The van der Waals surface area contributed by atoms with E-state index in [1.54, 1.807) is 24.1 Å². The summed E-state index contributed by atoms with van der Waals surface area (Å²) in [6, 6.07) is 8.03. The Morgan fingerprint density at radius 3 is 2.60 bits per heavy atom. The third-order valence-electron chi connectivity index (χ3n) is 2.92. The third kappa shape index (κ3) is 3.93. The van der Waals surface area contributed by atoms with Gasteiger partial charge in [0.05, 0.1) is 18.4 Å². The van der Waals surface area contributed by atoms with Gasteiger partial charge in [0, 0.05) is 26.4 Å². The van der Waals surface area contributed by atoms with Crippen LogP contribution < -0.4 is 5.32 Å². The second kappa shape index (κ2) is 6.86. The first-order chi connectivity index (χ1) is 9.69. The molecule has 1 amide bonds. The zero-order chi connectivity index (χ0) is 14.4. The number of benzene rings is 1. The van der Waals surface area contributed by atoms with Crippen LogP contribution >= 0.6 is 0 Å². The van der Waals surface area contributed by atoms with Crippen molar-refractivity contribution in [1.82, 2.24) is 15.1 Å². The van der Waals surface area contributed by atoms with Gasteiger partial charge in [-0.25, -0.2) is 0 Å². The zero-order valence-electron chi connectivity index (χ0n) is 11.8. The lowest BCUT2D eigenvalue weighted by Gasteiger charge is -2.06. The fourth-order valence-electron chi connectivity index (χ4n) is 1.80. The van der Waals surface area contributed by atoms with Crippen LogP contribution in [0.3, 0.4) is 0 Å². The molecule has 0 aliphatic rings. The lowest BCUT2D eigenvalue weighted by molar-refractivity contribution is 0.0951. The summed E-state index contributed by atoms with van der Waals surface area (Å²) in [5, 5.41) is 6.84. The molecule has 5 heteroatoms. The van der Waals surface area contributed by atoms with Crippen molar-refractivity contribution >= 4 is 5.91 Å². The lowest BCUT2D eigenvalue weighted by atomic mass is 10.1. The molecule has 0 saturated heterocycles. The summed E-state index contributed by atoms with van der Waals surface area (Å²) < 4.78 is 6.95. The first-order valence-electron chi connectivity index (χ1n) is 6.61. The van der Waals surface area contributed by atoms with E-state index < -0.39 is 0 Å². The van der Waals surface area contributed by atoms with E-state index in [-0.39, 0.29) is 5.91 Å². The van der Waals surface area contributed by atoms with E-state index in [9.17, 15) is 4.79 Å². The van der Waals surface area contributed by atoms with Crippen LogP contribution in [-0.4, -0.2) is 22.3 Å². The van der Waals surface area contributed by atoms with Crippen molar-refractivity contribution in [3.63, 3.8) is 0 Å². The molecule has 0 aliphatic heterocycles. The van der Waals surface area contributed by atoms with Gasteiger partial charge in [-0.05, 0) is 18.1 Å². The molecule has 2 rings (SSSR count). The number of aryl methyl sites for hydroxylation is 1. The molecule has 0 spiro atoms. The Morgan fingerprint density at radius 1 is 1.30 bits per heavy atom. The molecule has 0 fully saturated rings. The topological polar surface area (TPSA) is 56.1 Å². The largest absolute Gasteiger partial charge is 0.377 e. The molecule has 1 aromatic carbocycles. The minimum atomic E-state index is -0.114. The Labute approximate surface area is 118 Å². The van der Waals surface area contributed by atoms with Gasteiger partial charge < -0.3 is 10.1 Å². The fourth-order valence-corrected chi connectivity index (χ4v) is 1.80. The van der Waals surface area contributed by atoms with Crippen LogP contribution in [0.2, 0.25) is 0 Å². The van der Waals surface area contributed by atoms with Gasteiger partial charge >= 0.3 is 0 Å². The Balaban J connectivity index is 1.86. The maximum absolute atomic E-state index is 11.9. The van der Waals surface area contributed by atoms with E-state index in [2.05, 4.69) is 10.4 Å². The molecule has 0 aliphatic carbocycles. The summed E-state index contributed by atoms with van der Waals surface area (Å²) in [6.07, 6.45) is 3.25. The quantitative estimate of drug-likeness (QED) is 0.874. The minimum absolute atomic E-state index is 0.114. The van der Waals surface area contributed by atoms with Gasteiger partial charge in [0.2, 0.25) is 0 Å². The standard InChI is InChI=1S/C15H19N3O2/c1-3-20-11-13-6-4-12(5-7-13)8-16-15(19)14-9-17-18(2)10-14/h4-7,9-10H,3,8,11H2,1-2H3,(H,16,19). The van der Waals surface area contributed by atoms with Crippen molar-refractivity contribution in [2.24, 2.45) is 7.05 Å². The summed E-state index contributed by atoms with van der Waals surface area (Å²) in [7, 11) is 1.79. The molecule has 0 bridgehead atoms. The van der Waals surface area contributed by atoms with E-state index >= 15 is 0 Å². The second-order valence-corrected chi connectivity index (χ2v) is 4.54. The number of hydrogen-bond acceptors (Lipinski definition) is 3. The molecule has 1 aromatic heterocycles. The molecule has 0 saturated carbocycles. The van der Waals surface area contributed by atoms with Gasteiger partial charge in [-0.3, -0.25) is 9.48 Å². The van der Waals surface area contributed by atoms with Crippen molar-refractivity contribution < 1.29 is 9.53 Å². The molecule has 1 heterocycles. The van der Waals surface area contributed by atoms with Gasteiger partial charge in [-0.1, -0.05) is 24.3 Å². The fraction of sp³-hybridized carbons (Fsp3) is 0.333. The van der Waals surface area contributed by atoms with Crippen LogP contribution in [0.25, 0.3) is 0 Å². The van der Waals surface area contributed by atoms with Gasteiger partial charge in [0.15, 0.2) is 0 Å². The number of nitrogens with one attached hydrogen (secondary N) is 1. The van der Waals surface area contributed by atoms with Crippen molar-refractivity contribution in [3.05, 3.63) is 53.3 Å². The Bertz CT molecular complexity index is 561. The number of carbonyl (C=O) groups is 1. The lowest BCUT2D eigenvalue weighted by Crippen LogP contribution is -2.22. The van der Waals surface area contributed by atoms with E-state index in [1.165, 1.54) is 0 Å². The molecule has 20 heavy (non-hydrogen) atoms. The second-order valence-electron chi connectivity index (χ2n) is 4.54. The van der Waals surface area contributed by atoms with Crippen molar-refractivity contribution in [2.75, 3.05) is 6.61 Å². The van der Waals surface area contributed by atoms with E-state index in [4.69, 9.17) is 4.74 Å². The predicted octanol–water partition coefficient (Wildman–Crippen LogP) is 1.89. The first kappa shape index (κ1) is 14.3. The highest BCUT2D eigenvalue weighted by Crippen LogP contribution is 2.06. The summed E-state index contributed by atoms with van der Waals surface area (Å²) in [5.41, 5.74) is 2.76. The number of aromatic nitrogens is 2. The molecule has 5 nitrogen and oxygen atoms in total. The number of rotatable bonds is 6. The van der Waals surface area contributed by atoms with E-state index in [0.717, 1.165) is 11.1 Å². The Morgan fingerprint density at radius 2 is 2.00 bits per heavy atom. The Kier molecular flexibility index (Phi) is 4.90. The zero-order valence-corrected chi connectivity index (χ0v) is 11.8. The molecular weight excluding hydrogens is 254 g/mol. The summed E-state index contributed by atoms with van der Waals surface area (Å²) in [6.45, 7) is 3.81. The van der Waals surface area contributed by atoms with Gasteiger partial charge in [0.1, 0.15) is 0 Å². The van der Waals surface area contributed by atoms with Crippen LogP contribution in [0.1, 0.15) is 28.4 Å². The van der Waals surface area contributed by atoms with Crippen molar-refractivity contribution in [2.45, 2.75) is 20.1 Å². The third-order valence-corrected chi connectivity index (χ3v) is 2.92. The number of amides is 1. The molecule has 0 radical (unpaired) electrons. The number of ether oxygens (including phenoxy) is 1. The minimum Gasteiger partial charge on any atom is -0.377 e. The van der Waals surface area contributed by atoms with Crippen LogP contribution in [0.15, 0.2) is 36.7 Å².